The van der Waals surface area contributed by atoms with Crippen molar-refractivity contribution in [3.05, 3.63) is 22.7 Å². The molecular formula is C17H24ClNO2. The number of hydrogen-bond acceptors (Lipinski definition) is 3. The monoisotopic (exact) mass is 309 g/mol. The van der Waals surface area contributed by atoms with E-state index in [4.69, 9.17) is 21.1 Å². The highest BCUT2D eigenvalue weighted by Crippen LogP contribution is 2.39. The minimum Gasteiger partial charge on any atom is -0.454 e. The first-order valence-corrected chi connectivity index (χ1v) is 8.45. The third-order valence-electron chi connectivity index (χ3n) is 4.63. The number of nitrogens with one attached hydrogen (secondary N) is 1. The molecule has 0 saturated heterocycles. The van der Waals surface area contributed by atoms with Gasteiger partial charge in [-0.3, -0.25) is 0 Å². The van der Waals surface area contributed by atoms with E-state index >= 15 is 0 Å². The highest BCUT2D eigenvalue weighted by atomic mass is 35.5. The molecule has 4 heteroatoms. The van der Waals surface area contributed by atoms with Gasteiger partial charge in [-0.2, -0.15) is 0 Å². The van der Waals surface area contributed by atoms with Gasteiger partial charge >= 0.3 is 0 Å². The lowest BCUT2D eigenvalue weighted by atomic mass is 9.83. The zero-order valence-corrected chi connectivity index (χ0v) is 13.4. The molecule has 3 rings (SSSR count). The largest absolute Gasteiger partial charge is 0.454 e. The lowest BCUT2D eigenvalue weighted by molar-refractivity contribution is 0.174. The molecule has 1 N–H and O–H groups in total. The maximum atomic E-state index is 6.22. The minimum absolute atomic E-state index is 0.271. The Morgan fingerprint density at radius 3 is 2.76 bits per heavy atom. The maximum Gasteiger partial charge on any atom is 0.231 e. The Morgan fingerprint density at radius 2 is 2.00 bits per heavy atom. The van der Waals surface area contributed by atoms with Crippen molar-refractivity contribution in [3.8, 4) is 11.5 Å². The molecule has 3 nitrogen and oxygen atoms in total. The molecule has 21 heavy (non-hydrogen) atoms. The van der Waals surface area contributed by atoms with E-state index in [0.29, 0.717) is 16.8 Å². The summed E-state index contributed by atoms with van der Waals surface area (Å²) in [4.78, 5) is 0. The van der Waals surface area contributed by atoms with Crippen LogP contribution in [0.3, 0.4) is 0 Å². The normalized spacial score (nSPS) is 24.3. The Hall–Kier alpha value is -0.930. The number of fused-ring (bicyclic) bond motifs is 1. The summed E-state index contributed by atoms with van der Waals surface area (Å²) in [6.07, 6.45) is 8.04. The van der Waals surface area contributed by atoms with E-state index in [2.05, 4.69) is 12.2 Å². The number of benzene rings is 1. The summed E-state index contributed by atoms with van der Waals surface area (Å²) in [6, 6.07) is 4.65. The molecule has 1 aliphatic carbocycles. The van der Waals surface area contributed by atoms with Crippen molar-refractivity contribution in [3.63, 3.8) is 0 Å². The van der Waals surface area contributed by atoms with Crippen LogP contribution in [0.4, 0.5) is 0 Å². The predicted molar refractivity (Wildman–Crippen MR) is 85.1 cm³/mol. The van der Waals surface area contributed by atoms with Crippen LogP contribution in [-0.4, -0.2) is 12.8 Å². The van der Waals surface area contributed by atoms with Crippen LogP contribution >= 0.6 is 11.6 Å². The third kappa shape index (κ3) is 3.64. The highest BCUT2D eigenvalue weighted by molar-refractivity contribution is 6.32. The van der Waals surface area contributed by atoms with Gasteiger partial charge in [0.05, 0.1) is 5.02 Å². The molecule has 116 valence electrons. The van der Waals surface area contributed by atoms with Gasteiger partial charge in [0.15, 0.2) is 11.5 Å². The summed E-state index contributed by atoms with van der Waals surface area (Å²) in [5.74, 6) is 2.40. The van der Waals surface area contributed by atoms with Crippen molar-refractivity contribution >= 4 is 11.6 Å². The van der Waals surface area contributed by atoms with Crippen LogP contribution in [0.5, 0.6) is 11.5 Å². The minimum atomic E-state index is 0.271. The lowest BCUT2D eigenvalue weighted by Crippen LogP contribution is -2.32. The van der Waals surface area contributed by atoms with Crippen molar-refractivity contribution in [1.29, 1.82) is 0 Å². The molecule has 0 spiro atoms. The van der Waals surface area contributed by atoms with Gasteiger partial charge in [0, 0.05) is 12.6 Å². The Labute approximate surface area is 132 Å². The van der Waals surface area contributed by atoms with Gasteiger partial charge in [-0.15, -0.1) is 0 Å². The van der Waals surface area contributed by atoms with E-state index in [1.165, 1.54) is 44.1 Å². The fourth-order valence-electron chi connectivity index (χ4n) is 3.45. The van der Waals surface area contributed by atoms with Crippen LogP contribution in [0.1, 0.15) is 51.0 Å². The average Bonchev–Trinajstić information content (AvgIpc) is 2.96. The number of rotatable bonds is 5. The summed E-state index contributed by atoms with van der Waals surface area (Å²) in [5.41, 5.74) is 1.17. The Bertz CT molecular complexity index is 484. The quantitative estimate of drug-likeness (QED) is 0.867. The van der Waals surface area contributed by atoms with Gasteiger partial charge in [0.25, 0.3) is 0 Å². The second-order valence-electron chi connectivity index (χ2n) is 6.20. The van der Waals surface area contributed by atoms with Crippen LogP contribution in [-0.2, 0) is 6.54 Å². The maximum absolute atomic E-state index is 6.22. The summed E-state index contributed by atoms with van der Waals surface area (Å²) in [7, 11) is 0. The van der Waals surface area contributed by atoms with Crippen molar-refractivity contribution in [2.24, 2.45) is 5.92 Å². The fraction of sp³-hybridized carbons (Fsp3) is 0.647. The molecule has 0 aromatic heterocycles. The van der Waals surface area contributed by atoms with Crippen LogP contribution in [0.2, 0.25) is 5.02 Å². The molecule has 0 atom stereocenters. The molecule has 0 amide bonds. The summed E-state index contributed by atoms with van der Waals surface area (Å²) >= 11 is 6.22. The molecule has 2 aliphatic rings. The molecule has 0 unspecified atom stereocenters. The van der Waals surface area contributed by atoms with E-state index in [1.807, 2.05) is 12.1 Å². The van der Waals surface area contributed by atoms with Gasteiger partial charge in [-0.1, -0.05) is 31.4 Å². The Morgan fingerprint density at radius 1 is 1.19 bits per heavy atom. The first kappa shape index (κ1) is 15.0. The van der Waals surface area contributed by atoms with E-state index < -0.39 is 0 Å². The molecule has 1 saturated carbocycles. The van der Waals surface area contributed by atoms with E-state index in [-0.39, 0.29) is 6.79 Å². The fourth-order valence-corrected chi connectivity index (χ4v) is 3.74. The molecule has 0 bridgehead atoms. The van der Waals surface area contributed by atoms with E-state index in [1.54, 1.807) is 0 Å². The number of hydrogen-bond donors (Lipinski definition) is 1. The van der Waals surface area contributed by atoms with Crippen LogP contribution in [0, 0.1) is 5.92 Å². The smallest absolute Gasteiger partial charge is 0.231 e. The standard InChI is InChI=1S/C17H24ClNO2/c1-2-3-12-4-6-14(7-5-12)19-10-13-8-15(18)17-16(9-13)20-11-21-17/h8-9,12,14,19H,2-7,10-11H2,1H3. The predicted octanol–water partition coefficient (Wildman–Crippen LogP) is 4.52. The van der Waals surface area contributed by atoms with Crippen molar-refractivity contribution < 1.29 is 9.47 Å². The molecule has 1 aromatic rings. The van der Waals surface area contributed by atoms with Crippen LogP contribution in [0.25, 0.3) is 0 Å². The zero-order chi connectivity index (χ0) is 14.7. The average molecular weight is 310 g/mol. The first-order chi connectivity index (χ1) is 10.3. The summed E-state index contributed by atoms with van der Waals surface area (Å²) in [5, 5.41) is 4.31. The molecule has 1 heterocycles. The lowest BCUT2D eigenvalue weighted by Gasteiger charge is -2.29. The third-order valence-corrected chi connectivity index (χ3v) is 4.91. The zero-order valence-electron chi connectivity index (χ0n) is 12.7. The Balaban J connectivity index is 1.51. The van der Waals surface area contributed by atoms with Gasteiger partial charge < -0.3 is 14.8 Å². The molecule has 1 aliphatic heterocycles. The Kier molecular flexibility index (Phi) is 4.91. The SMILES string of the molecule is CCCC1CCC(NCc2cc(Cl)c3c(c2)OCO3)CC1. The second kappa shape index (κ2) is 6.89. The molecule has 1 aromatic carbocycles. The summed E-state index contributed by atoms with van der Waals surface area (Å²) < 4.78 is 10.8. The van der Waals surface area contributed by atoms with Gasteiger partial charge in [0.2, 0.25) is 6.79 Å². The summed E-state index contributed by atoms with van der Waals surface area (Å²) in [6.45, 7) is 3.40. The van der Waals surface area contributed by atoms with Crippen LogP contribution < -0.4 is 14.8 Å². The number of ether oxygens (including phenoxy) is 2. The van der Waals surface area contributed by atoms with Gasteiger partial charge in [-0.25, -0.2) is 0 Å². The van der Waals surface area contributed by atoms with E-state index in [0.717, 1.165) is 18.2 Å². The molecule has 0 radical (unpaired) electrons. The van der Waals surface area contributed by atoms with Crippen molar-refractivity contribution in [2.45, 2.75) is 58.0 Å². The first-order valence-electron chi connectivity index (χ1n) is 8.07. The van der Waals surface area contributed by atoms with Crippen LogP contribution in [0.15, 0.2) is 12.1 Å². The molecular weight excluding hydrogens is 286 g/mol. The van der Waals surface area contributed by atoms with Crippen molar-refractivity contribution in [1.82, 2.24) is 5.32 Å². The highest BCUT2D eigenvalue weighted by Gasteiger charge is 2.21. The topological polar surface area (TPSA) is 30.5 Å². The molecule has 1 fully saturated rings. The second-order valence-corrected chi connectivity index (χ2v) is 6.61. The van der Waals surface area contributed by atoms with Crippen molar-refractivity contribution in [2.75, 3.05) is 6.79 Å². The number of halogens is 1. The van der Waals surface area contributed by atoms with Gasteiger partial charge in [0.1, 0.15) is 0 Å². The van der Waals surface area contributed by atoms with E-state index in [9.17, 15) is 0 Å². The van der Waals surface area contributed by atoms with Gasteiger partial charge in [-0.05, 0) is 49.3 Å².